The number of nitrogens with one attached hydrogen (secondary N) is 1. The van der Waals surface area contributed by atoms with Crippen molar-refractivity contribution in [2.75, 3.05) is 19.1 Å². The molecule has 0 fully saturated rings. The van der Waals surface area contributed by atoms with Gasteiger partial charge in [0.25, 0.3) is 0 Å². The molecule has 1 heterocycles. The number of hydrogen-bond donors (Lipinski definition) is 1. The van der Waals surface area contributed by atoms with Crippen LogP contribution in [0.1, 0.15) is 23.9 Å². The van der Waals surface area contributed by atoms with E-state index in [4.69, 9.17) is 0 Å². The van der Waals surface area contributed by atoms with E-state index in [9.17, 15) is 8.42 Å². The Labute approximate surface area is 96.8 Å². The number of aromatic nitrogens is 2. The van der Waals surface area contributed by atoms with Crippen LogP contribution in [0.3, 0.4) is 0 Å². The third-order valence-corrected chi connectivity index (χ3v) is 3.50. The molecule has 0 aliphatic carbocycles. The van der Waals surface area contributed by atoms with Gasteiger partial charge in [-0.25, -0.2) is 8.42 Å². The minimum absolute atomic E-state index is 0.0286. The zero-order chi connectivity index (χ0) is 12.3. The molecule has 0 bridgehead atoms. The maximum atomic E-state index is 11.1. The van der Waals surface area contributed by atoms with E-state index in [1.54, 1.807) is 4.68 Å². The van der Waals surface area contributed by atoms with Crippen molar-refractivity contribution in [3.8, 4) is 0 Å². The molecule has 16 heavy (non-hydrogen) atoms. The molecular weight excluding hydrogens is 226 g/mol. The highest BCUT2D eigenvalue weighted by Gasteiger charge is 2.16. The molecule has 5 nitrogen and oxygen atoms in total. The molecule has 1 N–H and O–H groups in total. The Hall–Kier alpha value is -0.880. The van der Waals surface area contributed by atoms with Crippen LogP contribution in [0.5, 0.6) is 0 Å². The fourth-order valence-corrected chi connectivity index (χ4v) is 2.39. The lowest BCUT2D eigenvalue weighted by atomic mass is 10.1. The van der Waals surface area contributed by atoms with Crippen LogP contribution in [0.2, 0.25) is 0 Å². The molecule has 0 spiro atoms. The molecule has 92 valence electrons. The molecule has 1 unspecified atom stereocenters. The fourth-order valence-electron chi connectivity index (χ4n) is 1.73. The van der Waals surface area contributed by atoms with Crippen LogP contribution in [-0.4, -0.2) is 37.3 Å². The Kier molecular flexibility index (Phi) is 4.09. The summed E-state index contributed by atoms with van der Waals surface area (Å²) in [7, 11) is 0.784. The molecule has 1 rings (SSSR count). The van der Waals surface area contributed by atoms with Crippen molar-refractivity contribution in [2.45, 2.75) is 19.4 Å². The van der Waals surface area contributed by atoms with E-state index in [0.717, 1.165) is 11.4 Å². The summed E-state index contributed by atoms with van der Waals surface area (Å²) in [5.74, 6) is 0.183. The maximum Gasteiger partial charge on any atom is 0.147 e. The van der Waals surface area contributed by atoms with Crippen molar-refractivity contribution in [3.05, 3.63) is 17.5 Å². The molecule has 0 radical (unpaired) electrons. The first kappa shape index (κ1) is 13.2. The van der Waals surface area contributed by atoms with E-state index < -0.39 is 9.84 Å². The predicted octanol–water partition coefficient (Wildman–Crippen LogP) is 0.424. The van der Waals surface area contributed by atoms with Gasteiger partial charge in [-0.15, -0.1) is 0 Å². The summed E-state index contributed by atoms with van der Waals surface area (Å²) in [5, 5.41) is 7.37. The minimum atomic E-state index is -2.91. The van der Waals surface area contributed by atoms with Crippen LogP contribution in [0.15, 0.2) is 6.07 Å². The molecule has 0 saturated heterocycles. The summed E-state index contributed by atoms with van der Waals surface area (Å²) in [4.78, 5) is 0. The van der Waals surface area contributed by atoms with Gasteiger partial charge in [-0.05, 0) is 26.5 Å². The lowest BCUT2D eigenvalue weighted by Crippen LogP contribution is -2.22. The minimum Gasteiger partial charge on any atom is -0.312 e. The van der Waals surface area contributed by atoms with E-state index >= 15 is 0 Å². The summed E-state index contributed by atoms with van der Waals surface area (Å²) >= 11 is 0. The van der Waals surface area contributed by atoms with Gasteiger partial charge in [-0.3, -0.25) is 4.68 Å². The predicted molar refractivity (Wildman–Crippen MR) is 64.1 cm³/mol. The summed E-state index contributed by atoms with van der Waals surface area (Å²) in [6, 6.07) is 2.00. The van der Waals surface area contributed by atoms with Crippen LogP contribution in [0.25, 0.3) is 0 Å². The lowest BCUT2D eigenvalue weighted by molar-refractivity contribution is 0.520. The topological polar surface area (TPSA) is 64.0 Å². The SMILES string of the molecule is CNC(CCS(C)(=O)=O)c1cc(C)nn1C. The van der Waals surface area contributed by atoms with Crippen molar-refractivity contribution in [2.24, 2.45) is 7.05 Å². The Bertz CT molecular complexity index is 451. The Morgan fingerprint density at radius 1 is 1.56 bits per heavy atom. The van der Waals surface area contributed by atoms with E-state index in [0.29, 0.717) is 6.42 Å². The molecule has 0 amide bonds. The average molecular weight is 245 g/mol. The normalized spacial score (nSPS) is 14.0. The summed E-state index contributed by atoms with van der Waals surface area (Å²) < 4.78 is 24.0. The Morgan fingerprint density at radius 2 is 2.19 bits per heavy atom. The Morgan fingerprint density at radius 3 is 2.56 bits per heavy atom. The van der Waals surface area contributed by atoms with Gasteiger partial charge in [-0.1, -0.05) is 0 Å². The third kappa shape index (κ3) is 3.61. The van der Waals surface area contributed by atoms with Crippen LogP contribution in [0, 0.1) is 6.92 Å². The van der Waals surface area contributed by atoms with Crippen LogP contribution in [-0.2, 0) is 16.9 Å². The van der Waals surface area contributed by atoms with Crippen molar-refractivity contribution >= 4 is 9.84 Å². The fraction of sp³-hybridized carbons (Fsp3) is 0.700. The number of rotatable bonds is 5. The quantitative estimate of drug-likeness (QED) is 0.817. The van der Waals surface area contributed by atoms with E-state index in [-0.39, 0.29) is 11.8 Å². The Balaban J connectivity index is 2.79. The average Bonchev–Trinajstić information content (AvgIpc) is 2.45. The first-order chi connectivity index (χ1) is 7.33. The van der Waals surface area contributed by atoms with Crippen LogP contribution in [0.4, 0.5) is 0 Å². The first-order valence-corrected chi connectivity index (χ1v) is 7.25. The van der Waals surface area contributed by atoms with Crippen molar-refractivity contribution in [1.82, 2.24) is 15.1 Å². The standard InChI is InChI=1S/C10H19N3O2S/c1-8-7-10(13(3)12-8)9(11-2)5-6-16(4,14)15/h7,9,11H,5-6H2,1-4H3. The smallest absolute Gasteiger partial charge is 0.147 e. The highest BCUT2D eigenvalue weighted by molar-refractivity contribution is 7.90. The summed E-state index contributed by atoms with van der Waals surface area (Å²) in [6.07, 6.45) is 1.82. The van der Waals surface area contributed by atoms with Crippen LogP contribution >= 0.6 is 0 Å². The van der Waals surface area contributed by atoms with Gasteiger partial charge in [0.15, 0.2) is 0 Å². The number of hydrogen-bond acceptors (Lipinski definition) is 4. The van der Waals surface area contributed by atoms with Gasteiger partial charge in [0.2, 0.25) is 0 Å². The number of nitrogens with zero attached hydrogens (tertiary/aromatic N) is 2. The van der Waals surface area contributed by atoms with Gasteiger partial charge in [0.05, 0.1) is 17.1 Å². The van der Waals surface area contributed by atoms with Gasteiger partial charge in [0, 0.05) is 19.3 Å². The third-order valence-electron chi connectivity index (χ3n) is 2.52. The largest absolute Gasteiger partial charge is 0.312 e. The molecule has 0 saturated carbocycles. The second-order valence-corrected chi connectivity index (χ2v) is 6.35. The van der Waals surface area contributed by atoms with Gasteiger partial charge >= 0.3 is 0 Å². The monoisotopic (exact) mass is 245 g/mol. The summed E-state index contributed by atoms with van der Waals surface area (Å²) in [5.41, 5.74) is 1.96. The van der Waals surface area contributed by atoms with Crippen molar-refractivity contribution in [1.29, 1.82) is 0 Å². The molecule has 1 atom stereocenters. The first-order valence-electron chi connectivity index (χ1n) is 5.19. The van der Waals surface area contributed by atoms with E-state index in [1.165, 1.54) is 6.26 Å². The zero-order valence-electron chi connectivity index (χ0n) is 10.2. The lowest BCUT2D eigenvalue weighted by Gasteiger charge is -2.15. The number of aryl methyl sites for hydroxylation is 2. The molecule has 6 heteroatoms. The molecule has 1 aromatic heterocycles. The number of sulfone groups is 1. The van der Waals surface area contributed by atoms with Crippen LogP contribution < -0.4 is 5.32 Å². The van der Waals surface area contributed by atoms with Gasteiger partial charge in [0.1, 0.15) is 9.84 Å². The summed E-state index contributed by atoms with van der Waals surface area (Å²) in [6.45, 7) is 1.92. The second kappa shape index (κ2) is 4.97. The second-order valence-electron chi connectivity index (χ2n) is 4.09. The molecule has 0 aliphatic rings. The molecule has 0 aromatic carbocycles. The molecule has 1 aromatic rings. The van der Waals surface area contributed by atoms with Gasteiger partial charge in [-0.2, -0.15) is 5.10 Å². The molecular formula is C10H19N3O2S. The maximum absolute atomic E-state index is 11.1. The zero-order valence-corrected chi connectivity index (χ0v) is 11.0. The highest BCUT2D eigenvalue weighted by Crippen LogP contribution is 2.17. The van der Waals surface area contributed by atoms with Crippen molar-refractivity contribution < 1.29 is 8.42 Å². The van der Waals surface area contributed by atoms with E-state index in [2.05, 4.69) is 10.4 Å². The van der Waals surface area contributed by atoms with E-state index in [1.807, 2.05) is 27.1 Å². The highest BCUT2D eigenvalue weighted by atomic mass is 32.2. The van der Waals surface area contributed by atoms with Gasteiger partial charge < -0.3 is 5.32 Å². The van der Waals surface area contributed by atoms with Crippen molar-refractivity contribution in [3.63, 3.8) is 0 Å². The molecule has 0 aliphatic heterocycles.